The highest BCUT2D eigenvalue weighted by Crippen LogP contribution is 2.17. The summed E-state index contributed by atoms with van der Waals surface area (Å²) in [5, 5.41) is 3.40. The molecule has 0 aromatic carbocycles. The smallest absolute Gasteiger partial charge is 0.0966 e. The average Bonchev–Trinajstić information content (AvgIpc) is 2.38. The van der Waals surface area contributed by atoms with E-state index in [1.54, 1.807) is 0 Å². The summed E-state index contributed by atoms with van der Waals surface area (Å²) in [5.41, 5.74) is 1.02. The number of hydrogen-bond acceptors (Lipinski definition) is 3. The number of pyridine rings is 1. The zero-order chi connectivity index (χ0) is 11.2. The molecule has 1 fully saturated rings. The van der Waals surface area contributed by atoms with Crippen molar-refractivity contribution in [2.75, 3.05) is 19.7 Å². The van der Waals surface area contributed by atoms with E-state index in [2.05, 4.69) is 17.2 Å². The maximum Gasteiger partial charge on any atom is 0.0966 e. The molecular formula is C13H20N2O. The van der Waals surface area contributed by atoms with Crippen LogP contribution in [-0.4, -0.2) is 24.7 Å². The Labute approximate surface area is 97.2 Å². The van der Waals surface area contributed by atoms with Crippen molar-refractivity contribution in [2.45, 2.75) is 25.9 Å². The third kappa shape index (κ3) is 3.29. The summed E-state index contributed by atoms with van der Waals surface area (Å²) >= 11 is 0. The highest BCUT2D eigenvalue weighted by Gasteiger charge is 2.15. The van der Waals surface area contributed by atoms with E-state index in [1.807, 2.05) is 24.4 Å². The molecule has 1 aliphatic rings. The molecular weight excluding hydrogens is 200 g/mol. The molecule has 2 rings (SSSR count). The lowest BCUT2D eigenvalue weighted by Gasteiger charge is -2.24. The number of rotatable bonds is 4. The lowest BCUT2D eigenvalue weighted by Crippen LogP contribution is -2.32. The van der Waals surface area contributed by atoms with Crippen molar-refractivity contribution in [1.29, 1.82) is 0 Å². The molecule has 3 heteroatoms. The van der Waals surface area contributed by atoms with Crippen molar-refractivity contribution in [1.82, 2.24) is 10.3 Å². The summed E-state index contributed by atoms with van der Waals surface area (Å²) in [6.45, 7) is 5.16. The van der Waals surface area contributed by atoms with Gasteiger partial charge in [-0.3, -0.25) is 4.98 Å². The van der Waals surface area contributed by atoms with Crippen LogP contribution >= 0.6 is 0 Å². The molecule has 0 unspecified atom stereocenters. The van der Waals surface area contributed by atoms with Gasteiger partial charge in [-0.1, -0.05) is 6.07 Å². The second-order valence-electron chi connectivity index (χ2n) is 4.44. The minimum absolute atomic E-state index is 0.100. The van der Waals surface area contributed by atoms with Gasteiger partial charge in [-0.05, 0) is 44.4 Å². The van der Waals surface area contributed by atoms with E-state index in [-0.39, 0.29) is 6.10 Å². The molecule has 0 radical (unpaired) electrons. The number of aromatic nitrogens is 1. The minimum atomic E-state index is 0.100. The van der Waals surface area contributed by atoms with Gasteiger partial charge in [0.25, 0.3) is 0 Å². The van der Waals surface area contributed by atoms with Gasteiger partial charge in [0.15, 0.2) is 0 Å². The zero-order valence-electron chi connectivity index (χ0n) is 9.86. The molecule has 2 heterocycles. The van der Waals surface area contributed by atoms with Gasteiger partial charge in [0, 0.05) is 12.7 Å². The van der Waals surface area contributed by atoms with Gasteiger partial charge in [0.05, 0.1) is 18.4 Å². The van der Waals surface area contributed by atoms with E-state index < -0.39 is 0 Å². The Kier molecular flexibility index (Phi) is 4.31. The molecule has 1 saturated heterocycles. The summed E-state index contributed by atoms with van der Waals surface area (Å²) in [4.78, 5) is 4.30. The van der Waals surface area contributed by atoms with Crippen molar-refractivity contribution in [3.05, 3.63) is 30.1 Å². The SMILES string of the molecule is C[C@@H](OC[C@H]1CCCNC1)c1ccccn1. The summed E-state index contributed by atoms with van der Waals surface area (Å²) in [6, 6.07) is 5.95. The van der Waals surface area contributed by atoms with Gasteiger partial charge in [-0.25, -0.2) is 0 Å². The van der Waals surface area contributed by atoms with Crippen LogP contribution in [0.4, 0.5) is 0 Å². The molecule has 1 aromatic rings. The van der Waals surface area contributed by atoms with Gasteiger partial charge in [0.1, 0.15) is 0 Å². The van der Waals surface area contributed by atoms with Crippen LogP contribution < -0.4 is 5.32 Å². The molecule has 1 aromatic heterocycles. The Bertz CT molecular complexity index is 296. The molecule has 0 bridgehead atoms. The normalized spacial score (nSPS) is 22.9. The summed E-state index contributed by atoms with van der Waals surface area (Å²) in [7, 11) is 0. The third-order valence-corrected chi connectivity index (χ3v) is 3.09. The van der Waals surface area contributed by atoms with Crippen LogP contribution in [0.3, 0.4) is 0 Å². The first-order valence-electron chi connectivity index (χ1n) is 6.09. The Balaban J connectivity index is 1.77. The topological polar surface area (TPSA) is 34.1 Å². The molecule has 2 atom stereocenters. The monoisotopic (exact) mass is 220 g/mol. The van der Waals surface area contributed by atoms with Crippen LogP contribution in [0.1, 0.15) is 31.6 Å². The van der Waals surface area contributed by atoms with Gasteiger partial charge in [0.2, 0.25) is 0 Å². The predicted molar refractivity (Wildman–Crippen MR) is 64.2 cm³/mol. The highest BCUT2D eigenvalue weighted by atomic mass is 16.5. The van der Waals surface area contributed by atoms with Crippen molar-refractivity contribution in [2.24, 2.45) is 5.92 Å². The first kappa shape index (κ1) is 11.6. The lowest BCUT2D eigenvalue weighted by atomic mass is 10.0. The molecule has 0 saturated carbocycles. The van der Waals surface area contributed by atoms with Gasteiger partial charge < -0.3 is 10.1 Å². The van der Waals surface area contributed by atoms with Gasteiger partial charge in [-0.15, -0.1) is 0 Å². The van der Waals surface area contributed by atoms with E-state index in [4.69, 9.17) is 4.74 Å². The second kappa shape index (κ2) is 5.97. The van der Waals surface area contributed by atoms with E-state index in [1.165, 1.54) is 12.8 Å². The molecule has 16 heavy (non-hydrogen) atoms. The lowest BCUT2D eigenvalue weighted by molar-refractivity contribution is 0.0312. The largest absolute Gasteiger partial charge is 0.372 e. The highest BCUT2D eigenvalue weighted by molar-refractivity contribution is 5.05. The zero-order valence-corrected chi connectivity index (χ0v) is 9.86. The maximum absolute atomic E-state index is 5.86. The Morgan fingerprint density at radius 2 is 2.50 bits per heavy atom. The molecule has 88 valence electrons. The van der Waals surface area contributed by atoms with Crippen LogP contribution in [0.25, 0.3) is 0 Å². The first-order chi connectivity index (χ1) is 7.86. The third-order valence-electron chi connectivity index (χ3n) is 3.09. The Morgan fingerprint density at radius 1 is 1.56 bits per heavy atom. The number of piperidine rings is 1. The summed E-state index contributed by atoms with van der Waals surface area (Å²) in [6.07, 6.45) is 4.47. The van der Waals surface area contributed by atoms with Crippen molar-refractivity contribution < 1.29 is 4.74 Å². The van der Waals surface area contributed by atoms with Crippen LogP contribution in [-0.2, 0) is 4.74 Å². The van der Waals surface area contributed by atoms with E-state index in [9.17, 15) is 0 Å². The van der Waals surface area contributed by atoms with Crippen molar-refractivity contribution in [3.63, 3.8) is 0 Å². The summed E-state index contributed by atoms with van der Waals surface area (Å²) in [5.74, 6) is 0.667. The minimum Gasteiger partial charge on any atom is -0.372 e. The Morgan fingerprint density at radius 3 is 3.19 bits per heavy atom. The van der Waals surface area contributed by atoms with E-state index in [0.29, 0.717) is 5.92 Å². The fourth-order valence-electron chi connectivity index (χ4n) is 2.05. The first-order valence-corrected chi connectivity index (χ1v) is 6.09. The number of hydrogen-bond donors (Lipinski definition) is 1. The van der Waals surface area contributed by atoms with Crippen LogP contribution in [0.5, 0.6) is 0 Å². The quantitative estimate of drug-likeness (QED) is 0.844. The molecule has 0 spiro atoms. The van der Waals surface area contributed by atoms with Crippen molar-refractivity contribution >= 4 is 0 Å². The number of nitrogens with one attached hydrogen (secondary N) is 1. The standard InChI is InChI=1S/C13H20N2O/c1-11(13-6-2-3-8-15-13)16-10-12-5-4-7-14-9-12/h2-3,6,8,11-12,14H,4-5,7,9-10H2,1H3/t11-,12+/m1/s1. The van der Waals surface area contributed by atoms with Crippen LogP contribution in [0, 0.1) is 5.92 Å². The van der Waals surface area contributed by atoms with Crippen LogP contribution in [0.15, 0.2) is 24.4 Å². The number of nitrogens with zero attached hydrogens (tertiary/aromatic N) is 1. The second-order valence-corrected chi connectivity index (χ2v) is 4.44. The van der Waals surface area contributed by atoms with E-state index in [0.717, 1.165) is 25.4 Å². The van der Waals surface area contributed by atoms with Crippen molar-refractivity contribution in [3.8, 4) is 0 Å². The summed E-state index contributed by atoms with van der Waals surface area (Å²) < 4.78 is 5.86. The molecule has 0 aliphatic carbocycles. The molecule has 1 N–H and O–H groups in total. The molecule has 1 aliphatic heterocycles. The Hall–Kier alpha value is -0.930. The van der Waals surface area contributed by atoms with E-state index >= 15 is 0 Å². The van der Waals surface area contributed by atoms with Crippen LogP contribution in [0.2, 0.25) is 0 Å². The van der Waals surface area contributed by atoms with Gasteiger partial charge >= 0.3 is 0 Å². The maximum atomic E-state index is 5.86. The van der Waals surface area contributed by atoms with Gasteiger partial charge in [-0.2, -0.15) is 0 Å². The number of ether oxygens (including phenoxy) is 1. The molecule has 3 nitrogen and oxygen atoms in total. The fourth-order valence-corrected chi connectivity index (χ4v) is 2.05. The average molecular weight is 220 g/mol. The molecule has 0 amide bonds. The predicted octanol–water partition coefficient (Wildman–Crippen LogP) is 2.16. The fraction of sp³-hybridized carbons (Fsp3) is 0.615.